The third-order valence-electron chi connectivity index (χ3n) is 4.62. The van der Waals surface area contributed by atoms with E-state index in [1.165, 1.54) is 9.13 Å². The summed E-state index contributed by atoms with van der Waals surface area (Å²) in [4.78, 5) is 36.1. The van der Waals surface area contributed by atoms with Crippen LogP contribution in [0.4, 0.5) is 0 Å². The standard InChI is InChI=1S/C20H19N3O5/c1-13-6-7-15-17(12-13)28-20(26)23(15)11-9-21-18(24)8-10-22-14-4-2-3-5-16(14)27-19(22)25/h2-7,12H,8-11H2,1H3,(H,21,24). The molecule has 0 aliphatic heterocycles. The maximum Gasteiger partial charge on any atom is 0.420 e. The fourth-order valence-electron chi connectivity index (χ4n) is 3.22. The summed E-state index contributed by atoms with van der Waals surface area (Å²) in [5.74, 6) is -1.15. The predicted octanol–water partition coefficient (Wildman–Crippen LogP) is 2.02. The van der Waals surface area contributed by atoms with Crippen molar-refractivity contribution >= 4 is 28.1 Å². The number of amides is 1. The molecule has 4 rings (SSSR count). The molecule has 144 valence electrons. The predicted molar refractivity (Wildman–Crippen MR) is 103 cm³/mol. The highest BCUT2D eigenvalue weighted by Gasteiger charge is 2.12. The molecule has 28 heavy (non-hydrogen) atoms. The topological polar surface area (TPSA) is 99.4 Å². The van der Waals surface area contributed by atoms with Crippen LogP contribution in [0.25, 0.3) is 22.2 Å². The van der Waals surface area contributed by atoms with Gasteiger partial charge in [0.05, 0.1) is 11.0 Å². The number of oxazole rings is 2. The molecule has 0 saturated heterocycles. The molecular formula is C20H19N3O5. The Balaban J connectivity index is 1.36. The Morgan fingerprint density at radius 1 is 0.929 bits per heavy atom. The first-order chi connectivity index (χ1) is 13.5. The van der Waals surface area contributed by atoms with Gasteiger partial charge in [-0.25, -0.2) is 9.59 Å². The van der Waals surface area contributed by atoms with Crippen LogP contribution in [-0.4, -0.2) is 21.6 Å². The Morgan fingerprint density at radius 3 is 2.43 bits per heavy atom. The highest BCUT2D eigenvalue weighted by molar-refractivity contribution is 5.77. The minimum atomic E-state index is -0.485. The third-order valence-corrected chi connectivity index (χ3v) is 4.62. The maximum absolute atomic E-state index is 12.1. The molecule has 2 heterocycles. The van der Waals surface area contributed by atoms with Gasteiger partial charge in [0.25, 0.3) is 0 Å². The molecule has 0 aliphatic carbocycles. The summed E-state index contributed by atoms with van der Waals surface area (Å²) in [5.41, 5.74) is 3.38. The summed E-state index contributed by atoms with van der Waals surface area (Å²) in [6, 6.07) is 12.6. The van der Waals surface area contributed by atoms with E-state index in [9.17, 15) is 14.4 Å². The molecule has 0 radical (unpaired) electrons. The Morgan fingerprint density at radius 2 is 1.61 bits per heavy atom. The van der Waals surface area contributed by atoms with Crippen LogP contribution in [0.15, 0.2) is 60.9 Å². The SMILES string of the molecule is Cc1ccc2c(c1)oc(=O)n2CCNC(=O)CCn1c(=O)oc2ccccc21. The molecule has 1 amide bonds. The number of aromatic nitrogens is 2. The van der Waals surface area contributed by atoms with E-state index in [0.29, 0.717) is 28.7 Å². The molecule has 0 spiro atoms. The van der Waals surface area contributed by atoms with Gasteiger partial charge in [-0.1, -0.05) is 18.2 Å². The zero-order valence-electron chi connectivity index (χ0n) is 15.3. The van der Waals surface area contributed by atoms with E-state index in [1.807, 2.05) is 25.1 Å². The highest BCUT2D eigenvalue weighted by atomic mass is 16.4. The van der Waals surface area contributed by atoms with Crippen molar-refractivity contribution in [3.8, 4) is 0 Å². The van der Waals surface area contributed by atoms with Crippen LogP contribution in [0.3, 0.4) is 0 Å². The van der Waals surface area contributed by atoms with Crippen molar-refractivity contribution in [1.82, 2.24) is 14.5 Å². The average Bonchev–Trinajstić information content (AvgIpc) is 3.15. The molecular weight excluding hydrogens is 362 g/mol. The van der Waals surface area contributed by atoms with E-state index in [2.05, 4.69) is 5.32 Å². The number of hydrogen-bond acceptors (Lipinski definition) is 5. The summed E-state index contributed by atoms with van der Waals surface area (Å²) in [6.07, 6.45) is 0.129. The van der Waals surface area contributed by atoms with Crippen molar-refractivity contribution in [3.05, 3.63) is 69.1 Å². The maximum atomic E-state index is 12.1. The number of hydrogen-bond donors (Lipinski definition) is 1. The molecule has 0 fully saturated rings. The van der Waals surface area contributed by atoms with E-state index < -0.39 is 11.5 Å². The van der Waals surface area contributed by atoms with Gasteiger partial charge in [0, 0.05) is 26.1 Å². The van der Waals surface area contributed by atoms with Crippen LogP contribution >= 0.6 is 0 Å². The molecule has 2 aromatic heterocycles. The second kappa shape index (κ2) is 7.22. The highest BCUT2D eigenvalue weighted by Crippen LogP contribution is 2.14. The second-order valence-corrected chi connectivity index (χ2v) is 6.58. The Bertz CT molecular complexity index is 1270. The van der Waals surface area contributed by atoms with E-state index in [-0.39, 0.29) is 25.4 Å². The molecule has 1 N–H and O–H groups in total. The minimum Gasteiger partial charge on any atom is -0.408 e. The lowest BCUT2D eigenvalue weighted by atomic mass is 10.2. The Labute approximate surface area is 159 Å². The number of benzene rings is 2. The number of nitrogens with one attached hydrogen (secondary N) is 1. The van der Waals surface area contributed by atoms with Crippen molar-refractivity contribution in [1.29, 1.82) is 0 Å². The van der Waals surface area contributed by atoms with Crippen LogP contribution in [0.1, 0.15) is 12.0 Å². The van der Waals surface area contributed by atoms with Crippen molar-refractivity contribution < 1.29 is 13.6 Å². The Kier molecular flexibility index (Phi) is 4.60. The Hall–Kier alpha value is -3.55. The summed E-state index contributed by atoms with van der Waals surface area (Å²) < 4.78 is 13.3. The lowest BCUT2D eigenvalue weighted by Gasteiger charge is -2.06. The van der Waals surface area contributed by atoms with Crippen LogP contribution in [0.2, 0.25) is 0 Å². The molecule has 0 aliphatic rings. The molecule has 4 aromatic rings. The van der Waals surface area contributed by atoms with Gasteiger partial charge in [0.2, 0.25) is 5.91 Å². The molecule has 0 bridgehead atoms. The van der Waals surface area contributed by atoms with E-state index in [0.717, 1.165) is 5.56 Å². The number of aryl methyl sites for hydroxylation is 2. The van der Waals surface area contributed by atoms with Crippen LogP contribution in [0, 0.1) is 6.92 Å². The van der Waals surface area contributed by atoms with Gasteiger partial charge in [-0.2, -0.15) is 0 Å². The van der Waals surface area contributed by atoms with Gasteiger partial charge in [0.15, 0.2) is 11.2 Å². The van der Waals surface area contributed by atoms with Crippen molar-refractivity contribution in [2.24, 2.45) is 0 Å². The lowest BCUT2D eigenvalue weighted by Crippen LogP contribution is -2.30. The van der Waals surface area contributed by atoms with E-state index in [4.69, 9.17) is 8.83 Å². The average molecular weight is 381 g/mol. The normalized spacial score (nSPS) is 11.3. The number of para-hydroxylation sites is 2. The van der Waals surface area contributed by atoms with Crippen molar-refractivity contribution in [2.45, 2.75) is 26.4 Å². The van der Waals surface area contributed by atoms with Gasteiger partial charge in [-0.05, 0) is 36.8 Å². The second-order valence-electron chi connectivity index (χ2n) is 6.58. The van der Waals surface area contributed by atoms with Crippen molar-refractivity contribution in [3.63, 3.8) is 0 Å². The zero-order valence-corrected chi connectivity index (χ0v) is 15.3. The molecule has 0 atom stereocenters. The van der Waals surface area contributed by atoms with Gasteiger partial charge in [-0.3, -0.25) is 13.9 Å². The summed E-state index contributed by atoms with van der Waals surface area (Å²) in [5, 5.41) is 2.77. The van der Waals surface area contributed by atoms with E-state index >= 15 is 0 Å². The van der Waals surface area contributed by atoms with Crippen LogP contribution in [-0.2, 0) is 17.9 Å². The van der Waals surface area contributed by atoms with Gasteiger partial charge in [0.1, 0.15) is 0 Å². The number of carbonyl (C=O) groups is 1. The molecule has 8 heteroatoms. The zero-order chi connectivity index (χ0) is 19.7. The number of carbonyl (C=O) groups excluding carboxylic acids is 1. The summed E-state index contributed by atoms with van der Waals surface area (Å²) >= 11 is 0. The number of nitrogens with zero attached hydrogens (tertiary/aromatic N) is 2. The van der Waals surface area contributed by atoms with Gasteiger partial charge in [-0.15, -0.1) is 0 Å². The lowest BCUT2D eigenvalue weighted by molar-refractivity contribution is -0.121. The number of fused-ring (bicyclic) bond motifs is 2. The first kappa shape index (κ1) is 17.8. The van der Waals surface area contributed by atoms with Gasteiger partial charge < -0.3 is 14.2 Å². The van der Waals surface area contributed by atoms with Crippen LogP contribution in [0.5, 0.6) is 0 Å². The first-order valence-electron chi connectivity index (χ1n) is 8.98. The molecule has 2 aromatic carbocycles. The van der Waals surface area contributed by atoms with Crippen molar-refractivity contribution in [2.75, 3.05) is 6.54 Å². The smallest absolute Gasteiger partial charge is 0.408 e. The molecule has 0 saturated carbocycles. The fourth-order valence-corrected chi connectivity index (χ4v) is 3.22. The summed E-state index contributed by atoms with van der Waals surface area (Å²) in [7, 11) is 0. The largest absolute Gasteiger partial charge is 0.420 e. The minimum absolute atomic E-state index is 0.129. The summed E-state index contributed by atoms with van der Waals surface area (Å²) in [6.45, 7) is 2.72. The monoisotopic (exact) mass is 381 g/mol. The first-order valence-corrected chi connectivity index (χ1v) is 8.98. The molecule has 8 nitrogen and oxygen atoms in total. The molecule has 0 unspecified atom stereocenters. The fraction of sp³-hybridized carbons (Fsp3) is 0.250. The van der Waals surface area contributed by atoms with E-state index in [1.54, 1.807) is 24.3 Å². The number of rotatable bonds is 6. The third kappa shape index (κ3) is 3.36. The quantitative estimate of drug-likeness (QED) is 0.551. The van der Waals surface area contributed by atoms with Gasteiger partial charge >= 0.3 is 11.5 Å². The van der Waals surface area contributed by atoms with Crippen LogP contribution < -0.4 is 16.8 Å².